The topological polar surface area (TPSA) is 56.6 Å². The molecule has 0 bridgehead atoms. The largest absolute Gasteiger partial charge is 0.419 e. The highest BCUT2D eigenvalue weighted by atomic mass is 32.2. The monoisotopic (exact) mass is 396 g/mol. The zero-order valence-corrected chi connectivity index (χ0v) is 14.1. The van der Waals surface area contributed by atoms with Gasteiger partial charge in [0, 0.05) is 16.5 Å². The minimum Gasteiger partial charge on any atom is -0.315 e. The Labute approximate surface area is 153 Å². The van der Waals surface area contributed by atoms with Crippen LogP contribution >= 0.6 is 11.8 Å². The summed E-state index contributed by atoms with van der Waals surface area (Å²) in [6.45, 7) is 0. The fraction of sp³-hybridized carbons (Fsp3) is 0.111. The number of fused-ring (bicyclic) bond motifs is 1. The van der Waals surface area contributed by atoms with Crippen LogP contribution in [0.15, 0.2) is 46.2 Å². The highest BCUT2D eigenvalue weighted by Crippen LogP contribution is 2.35. The molecule has 0 unspecified atom stereocenters. The first-order chi connectivity index (χ1) is 12.7. The van der Waals surface area contributed by atoms with Crippen molar-refractivity contribution in [1.29, 1.82) is 5.26 Å². The number of aromatic amines is 1. The van der Waals surface area contributed by atoms with Crippen LogP contribution in [0.1, 0.15) is 16.7 Å². The van der Waals surface area contributed by atoms with E-state index in [1.54, 1.807) is 6.07 Å². The van der Waals surface area contributed by atoms with Gasteiger partial charge < -0.3 is 4.98 Å². The zero-order chi connectivity index (χ0) is 19.8. The molecule has 0 aliphatic carbocycles. The Balaban J connectivity index is 2.03. The van der Waals surface area contributed by atoms with E-state index in [-0.39, 0.29) is 32.7 Å². The second kappa shape index (κ2) is 7.04. The summed E-state index contributed by atoms with van der Waals surface area (Å²) in [7, 11) is 0. The number of nitrogens with one attached hydrogen (secondary N) is 1. The van der Waals surface area contributed by atoms with Crippen molar-refractivity contribution in [3.63, 3.8) is 0 Å². The van der Waals surface area contributed by atoms with Crippen LogP contribution in [0.2, 0.25) is 0 Å². The molecule has 2 aromatic carbocycles. The van der Waals surface area contributed by atoms with E-state index in [0.29, 0.717) is 6.07 Å². The second-order valence-corrected chi connectivity index (χ2v) is 6.51. The van der Waals surface area contributed by atoms with Crippen LogP contribution in [0, 0.1) is 23.0 Å². The van der Waals surface area contributed by atoms with Crippen molar-refractivity contribution >= 4 is 22.5 Å². The van der Waals surface area contributed by atoms with Gasteiger partial charge in [-0.2, -0.15) is 18.4 Å². The van der Waals surface area contributed by atoms with Gasteiger partial charge in [0.1, 0.15) is 23.3 Å². The normalized spacial score (nSPS) is 11.6. The minimum absolute atomic E-state index is 0.130. The number of alkyl halides is 3. The average Bonchev–Trinajstić information content (AvgIpc) is 2.60. The molecule has 27 heavy (non-hydrogen) atoms. The summed E-state index contributed by atoms with van der Waals surface area (Å²) in [5, 5.41) is 9.65. The Morgan fingerprint density at radius 3 is 2.52 bits per heavy atom. The average molecular weight is 396 g/mol. The Morgan fingerprint density at radius 1 is 1.11 bits per heavy atom. The Morgan fingerprint density at radius 2 is 1.85 bits per heavy atom. The predicted molar refractivity (Wildman–Crippen MR) is 90.2 cm³/mol. The predicted octanol–water partition coefficient (Wildman–Crippen LogP) is 4.99. The number of benzene rings is 2. The third-order valence-corrected chi connectivity index (χ3v) is 4.88. The number of pyridine rings is 1. The molecule has 0 spiro atoms. The highest BCUT2D eigenvalue weighted by Gasteiger charge is 2.34. The molecule has 1 aromatic heterocycles. The number of hydrogen-bond donors (Lipinski definition) is 1. The number of thioether (sulfide) groups is 1. The SMILES string of the molecule is N#Cc1c(=O)[nH]c(SCc2cccc(C(F)(F)F)c2F)c2cc(F)ccc12. The summed E-state index contributed by atoms with van der Waals surface area (Å²) in [5.41, 5.74) is -2.53. The molecule has 0 radical (unpaired) electrons. The lowest BCUT2D eigenvalue weighted by molar-refractivity contribution is -0.140. The molecule has 3 aromatic rings. The third-order valence-electron chi connectivity index (χ3n) is 3.82. The zero-order valence-electron chi connectivity index (χ0n) is 13.3. The first kappa shape index (κ1) is 18.9. The van der Waals surface area contributed by atoms with E-state index in [1.807, 2.05) is 0 Å². The number of nitrogens with zero attached hydrogens (tertiary/aromatic N) is 1. The maximum absolute atomic E-state index is 14.1. The highest BCUT2D eigenvalue weighted by molar-refractivity contribution is 7.98. The van der Waals surface area contributed by atoms with Crippen molar-refractivity contribution in [3.05, 3.63) is 75.1 Å². The summed E-state index contributed by atoms with van der Waals surface area (Å²) in [4.78, 5) is 14.4. The van der Waals surface area contributed by atoms with E-state index < -0.39 is 28.9 Å². The van der Waals surface area contributed by atoms with Gasteiger partial charge in [-0.05, 0) is 29.8 Å². The van der Waals surface area contributed by atoms with Crippen molar-refractivity contribution in [1.82, 2.24) is 4.98 Å². The number of H-pyrrole nitrogens is 1. The van der Waals surface area contributed by atoms with Gasteiger partial charge in [-0.1, -0.05) is 12.1 Å². The van der Waals surface area contributed by atoms with Crippen LogP contribution in [0.25, 0.3) is 10.8 Å². The van der Waals surface area contributed by atoms with Crippen molar-refractivity contribution in [2.75, 3.05) is 0 Å². The molecular weight excluding hydrogens is 387 g/mol. The van der Waals surface area contributed by atoms with Gasteiger partial charge in [0.2, 0.25) is 0 Å². The fourth-order valence-corrected chi connectivity index (χ4v) is 3.57. The molecule has 3 rings (SSSR count). The van der Waals surface area contributed by atoms with Gasteiger partial charge in [0.15, 0.2) is 0 Å². The molecule has 0 saturated heterocycles. The summed E-state index contributed by atoms with van der Waals surface area (Å²) in [6, 6.07) is 8.10. The van der Waals surface area contributed by atoms with Crippen molar-refractivity contribution < 1.29 is 22.0 Å². The molecule has 3 nitrogen and oxygen atoms in total. The number of nitriles is 1. The Kier molecular flexibility index (Phi) is 4.93. The Bertz CT molecular complexity index is 1130. The van der Waals surface area contributed by atoms with Crippen LogP contribution < -0.4 is 5.56 Å². The van der Waals surface area contributed by atoms with Crippen molar-refractivity contribution in [2.24, 2.45) is 0 Å². The van der Waals surface area contributed by atoms with Gasteiger partial charge in [-0.15, -0.1) is 11.8 Å². The van der Waals surface area contributed by atoms with E-state index in [2.05, 4.69) is 4.98 Å². The number of rotatable bonds is 3. The van der Waals surface area contributed by atoms with Crippen molar-refractivity contribution in [2.45, 2.75) is 17.0 Å². The van der Waals surface area contributed by atoms with E-state index in [9.17, 15) is 26.7 Å². The minimum atomic E-state index is -4.83. The van der Waals surface area contributed by atoms with E-state index in [4.69, 9.17) is 5.26 Å². The van der Waals surface area contributed by atoms with Gasteiger partial charge in [0.05, 0.1) is 10.6 Å². The Hall–Kier alpha value is -2.86. The molecule has 0 fully saturated rings. The second-order valence-electron chi connectivity index (χ2n) is 5.53. The number of halogens is 5. The van der Waals surface area contributed by atoms with Crippen LogP contribution in [-0.4, -0.2) is 4.98 Å². The van der Waals surface area contributed by atoms with E-state index in [1.165, 1.54) is 12.1 Å². The van der Waals surface area contributed by atoms with Gasteiger partial charge in [0.25, 0.3) is 5.56 Å². The fourth-order valence-electron chi connectivity index (χ4n) is 2.56. The van der Waals surface area contributed by atoms with Gasteiger partial charge in [-0.25, -0.2) is 8.78 Å². The maximum atomic E-state index is 14.1. The van der Waals surface area contributed by atoms with E-state index in [0.717, 1.165) is 30.0 Å². The lowest BCUT2D eigenvalue weighted by Crippen LogP contribution is -2.12. The van der Waals surface area contributed by atoms with Crippen LogP contribution in [-0.2, 0) is 11.9 Å². The molecule has 0 amide bonds. The lowest BCUT2D eigenvalue weighted by Gasteiger charge is -2.12. The van der Waals surface area contributed by atoms with Crippen molar-refractivity contribution in [3.8, 4) is 6.07 Å². The van der Waals surface area contributed by atoms with Crippen LogP contribution in [0.5, 0.6) is 0 Å². The summed E-state index contributed by atoms with van der Waals surface area (Å²) >= 11 is 0.840. The first-order valence-corrected chi connectivity index (χ1v) is 8.44. The van der Waals surface area contributed by atoms with E-state index >= 15 is 0 Å². The standard InChI is InChI=1S/C18H9F5N2OS/c19-10-4-5-11-12(6-10)17(25-16(26)13(11)7-24)27-8-9-2-1-3-14(15(9)20)18(21,22)23/h1-6H,8H2,(H,25,26). The molecule has 9 heteroatoms. The molecule has 138 valence electrons. The third kappa shape index (κ3) is 3.66. The first-order valence-electron chi connectivity index (χ1n) is 7.45. The smallest absolute Gasteiger partial charge is 0.315 e. The number of aromatic nitrogens is 1. The van der Waals surface area contributed by atoms with Crippen LogP contribution in [0.4, 0.5) is 22.0 Å². The van der Waals surface area contributed by atoms with Gasteiger partial charge >= 0.3 is 6.18 Å². The molecule has 0 aliphatic heterocycles. The quantitative estimate of drug-likeness (QED) is 0.501. The maximum Gasteiger partial charge on any atom is 0.419 e. The molecule has 0 atom stereocenters. The molecule has 0 saturated carbocycles. The summed E-state index contributed by atoms with van der Waals surface area (Å²) in [5.74, 6) is -2.25. The van der Waals surface area contributed by atoms with Gasteiger partial charge in [-0.3, -0.25) is 4.79 Å². The molecular formula is C18H9F5N2OS. The summed E-state index contributed by atoms with van der Waals surface area (Å²) in [6.07, 6.45) is -4.83. The lowest BCUT2D eigenvalue weighted by atomic mass is 10.1. The van der Waals surface area contributed by atoms with Crippen LogP contribution in [0.3, 0.4) is 0 Å². The summed E-state index contributed by atoms with van der Waals surface area (Å²) < 4.78 is 66.2. The molecule has 1 heterocycles. The number of hydrogen-bond acceptors (Lipinski definition) is 3. The molecule has 1 N–H and O–H groups in total. The molecule has 0 aliphatic rings.